The number of thiazole rings is 1. The maximum absolute atomic E-state index is 12.0. The lowest BCUT2D eigenvalue weighted by atomic mass is 10.2. The van der Waals surface area contributed by atoms with E-state index in [0.29, 0.717) is 25.6 Å². The van der Waals surface area contributed by atoms with E-state index < -0.39 is 0 Å². The van der Waals surface area contributed by atoms with Gasteiger partial charge in [0, 0.05) is 18.0 Å². The lowest BCUT2D eigenvalue weighted by Crippen LogP contribution is -2.37. The van der Waals surface area contributed by atoms with Crippen LogP contribution in [-0.4, -0.2) is 30.0 Å². The van der Waals surface area contributed by atoms with Gasteiger partial charge in [-0.05, 0) is 38.4 Å². The molecular formula is C18H25Cl2N3O2S. The molecule has 1 fully saturated rings. The number of rotatable bonds is 7. The summed E-state index contributed by atoms with van der Waals surface area (Å²) >= 11 is 1.53. The first-order chi connectivity index (χ1) is 11.7. The first-order valence-corrected chi connectivity index (χ1v) is 9.20. The third-order valence-electron chi connectivity index (χ3n) is 4.03. The highest BCUT2D eigenvalue weighted by Crippen LogP contribution is 2.16. The van der Waals surface area contributed by atoms with Crippen LogP contribution in [0.4, 0.5) is 0 Å². The first kappa shape index (κ1) is 22.7. The Labute approximate surface area is 170 Å². The van der Waals surface area contributed by atoms with E-state index >= 15 is 0 Å². The lowest BCUT2D eigenvalue weighted by Gasteiger charge is -2.10. The molecule has 1 aromatic carbocycles. The SMILES string of the molecule is Cc1ccc(OCc2nc(CC(=O)NCC3CCCN3)cs2)cc1.Cl.Cl. The normalized spacial score (nSPS) is 15.7. The monoisotopic (exact) mass is 417 g/mol. The average Bonchev–Trinajstić information content (AvgIpc) is 3.24. The summed E-state index contributed by atoms with van der Waals surface area (Å²) in [6.07, 6.45) is 2.65. The fraction of sp³-hybridized carbons (Fsp3) is 0.444. The van der Waals surface area contributed by atoms with E-state index in [1.807, 2.05) is 36.6 Å². The van der Waals surface area contributed by atoms with E-state index in [-0.39, 0.29) is 30.7 Å². The molecule has 0 spiro atoms. The van der Waals surface area contributed by atoms with Gasteiger partial charge in [-0.1, -0.05) is 17.7 Å². The van der Waals surface area contributed by atoms with Crippen LogP contribution in [0.5, 0.6) is 5.75 Å². The first-order valence-electron chi connectivity index (χ1n) is 8.32. The summed E-state index contributed by atoms with van der Waals surface area (Å²) < 4.78 is 5.72. The number of hydrogen-bond acceptors (Lipinski definition) is 5. The van der Waals surface area contributed by atoms with Crippen LogP contribution in [0.1, 0.15) is 29.1 Å². The number of carbonyl (C=O) groups is 1. The molecule has 144 valence electrons. The van der Waals surface area contributed by atoms with Crippen molar-refractivity contribution in [3.8, 4) is 5.75 Å². The smallest absolute Gasteiger partial charge is 0.226 e. The van der Waals surface area contributed by atoms with Crippen LogP contribution in [0.3, 0.4) is 0 Å². The van der Waals surface area contributed by atoms with Gasteiger partial charge in [0.1, 0.15) is 17.4 Å². The van der Waals surface area contributed by atoms with Gasteiger partial charge in [-0.2, -0.15) is 0 Å². The van der Waals surface area contributed by atoms with E-state index in [1.165, 1.54) is 23.3 Å². The molecule has 5 nitrogen and oxygen atoms in total. The van der Waals surface area contributed by atoms with Gasteiger partial charge in [0.25, 0.3) is 0 Å². The number of halogens is 2. The second-order valence-corrected chi connectivity index (χ2v) is 7.05. The zero-order chi connectivity index (χ0) is 16.8. The fourth-order valence-corrected chi connectivity index (χ4v) is 3.38. The molecule has 2 heterocycles. The Morgan fingerprint density at radius 3 is 2.81 bits per heavy atom. The Morgan fingerprint density at radius 2 is 2.12 bits per heavy atom. The van der Waals surface area contributed by atoms with Gasteiger partial charge in [-0.25, -0.2) is 4.98 Å². The average molecular weight is 418 g/mol. The predicted octanol–water partition coefficient (Wildman–Crippen LogP) is 3.28. The van der Waals surface area contributed by atoms with Crippen molar-refractivity contribution in [2.45, 2.75) is 38.8 Å². The van der Waals surface area contributed by atoms with Crippen molar-refractivity contribution in [1.29, 1.82) is 0 Å². The van der Waals surface area contributed by atoms with Gasteiger partial charge in [-0.3, -0.25) is 4.79 Å². The van der Waals surface area contributed by atoms with Gasteiger partial charge >= 0.3 is 0 Å². The molecule has 1 aliphatic heterocycles. The van der Waals surface area contributed by atoms with Gasteiger partial charge < -0.3 is 15.4 Å². The number of ether oxygens (including phenoxy) is 1. The molecule has 3 rings (SSSR count). The number of aryl methyl sites for hydroxylation is 1. The molecular weight excluding hydrogens is 393 g/mol. The van der Waals surface area contributed by atoms with E-state index in [1.54, 1.807) is 0 Å². The summed E-state index contributed by atoms with van der Waals surface area (Å²) in [5.74, 6) is 0.860. The number of aromatic nitrogens is 1. The van der Waals surface area contributed by atoms with E-state index in [9.17, 15) is 4.79 Å². The molecule has 0 radical (unpaired) electrons. The van der Waals surface area contributed by atoms with Crippen LogP contribution in [-0.2, 0) is 17.8 Å². The number of nitrogens with zero attached hydrogens (tertiary/aromatic N) is 1. The predicted molar refractivity (Wildman–Crippen MR) is 110 cm³/mol. The lowest BCUT2D eigenvalue weighted by molar-refractivity contribution is -0.120. The van der Waals surface area contributed by atoms with Crippen LogP contribution < -0.4 is 15.4 Å². The maximum atomic E-state index is 12.0. The summed E-state index contributed by atoms with van der Waals surface area (Å²) in [7, 11) is 0. The quantitative estimate of drug-likeness (QED) is 0.725. The van der Waals surface area contributed by atoms with Crippen LogP contribution in [0, 0.1) is 6.92 Å². The zero-order valence-corrected chi connectivity index (χ0v) is 17.1. The van der Waals surface area contributed by atoms with Crippen molar-refractivity contribution in [2.75, 3.05) is 13.1 Å². The number of amides is 1. The minimum atomic E-state index is 0. The number of carbonyl (C=O) groups excluding carboxylic acids is 1. The van der Waals surface area contributed by atoms with Crippen molar-refractivity contribution in [3.05, 3.63) is 45.9 Å². The highest BCUT2D eigenvalue weighted by atomic mass is 35.5. The van der Waals surface area contributed by atoms with E-state index in [2.05, 4.69) is 15.6 Å². The summed E-state index contributed by atoms with van der Waals surface area (Å²) in [5, 5.41) is 9.17. The molecule has 0 bridgehead atoms. The molecule has 1 aromatic heterocycles. The molecule has 26 heavy (non-hydrogen) atoms. The molecule has 2 N–H and O–H groups in total. The van der Waals surface area contributed by atoms with Gasteiger partial charge in [0.15, 0.2) is 0 Å². The molecule has 1 aliphatic rings. The molecule has 0 saturated carbocycles. The standard InChI is InChI=1S/C18H23N3O2S.2ClH/c1-13-4-6-16(7-5-13)23-11-18-21-15(12-24-18)9-17(22)20-10-14-3-2-8-19-14;;/h4-7,12,14,19H,2-3,8-11H2,1H3,(H,20,22);2*1H. The van der Waals surface area contributed by atoms with Crippen LogP contribution in [0.25, 0.3) is 0 Å². The molecule has 8 heteroatoms. The van der Waals surface area contributed by atoms with E-state index in [4.69, 9.17) is 4.74 Å². The summed E-state index contributed by atoms with van der Waals surface area (Å²) in [6.45, 7) is 4.23. The zero-order valence-electron chi connectivity index (χ0n) is 14.7. The van der Waals surface area contributed by atoms with Crippen molar-refractivity contribution in [2.24, 2.45) is 0 Å². The number of nitrogens with one attached hydrogen (secondary N) is 2. The van der Waals surface area contributed by atoms with Crippen molar-refractivity contribution in [1.82, 2.24) is 15.6 Å². The summed E-state index contributed by atoms with van der Waals surface area (Å²) in [6, 6.07) is 8.36. The van der Waals surface area contributed by atoms with Gasteiger partial charge in [0.2, 0.25) is 5.91 Å². The van der Waals surface area contributed by atoms with Crippen molar-refractivity contribution < 1.29 is 9.53 Å². The third-order valence-corrected chi connectivity index (χ3v) is 4.90. The molecule has 1 atom stereocenters. The van der Waals surface area contributed by atoms with Crippen molar-refractivity contribution >= 4 is 42.1 Å². The Balaban J connectivity index is 0.00000169. The minimum Gasteiger partial charge on any atom is -0.486 e. The highest BCUT2D eigenvalue weighted by Gasteiger charge is 2.15. The minimum absolute atomic E-state index is 0. The van der Waals surface area contributed by atoms with Crippen LogP contribution in [0.15, 0.2) is 29.6 Å². The maximum Gasteiger partial charge on any atom is 0.226 e. The van der Waals surface area contributed by atoms with Gasteiger partial charge in [-0.15, -0.1) is 36.2 Å². The fourth-order valence-electron chi connectivity index (χ4n) is 2.67. The van der Waals surface area contributed by atoms with Crippen molar-refractivity contribution in [3.63, 3.8) is 0 Å². The van der Waals surface area contributed by atoms with Crippen LogP contribution in [0.2, 0.25) is 0 Å². The third kappa shape index (κ3) is 7.11. The molecule has 1 unspecified atom stereocenters. The Hall–Kier alpha value is -1.34. The Kier molecular flexibility index (Phi) is 9.94. The molecule has 1 amide bonds. The number of hydrogen-bond donors (Lipinski definition) is 2. The van der Waals surface area contributed by atoms with Gasteiger partial charge in [0.05, 0.1) is 12.1 Å². The number of benzene rings is 1. The topological polar surface area (TPSA) is 63.2 Å². The van der Waals surface area contributed by atoms with Crippen LogP contribution >= 0.6 is 36.2 Å². The molecule has 0 aliphatic carbocycles. The summed E-state index contributed by atoms with van der Waals surface area (Å²) in [4.78, 5) is 16.5. The molecule has 1 saturated heterocycles. The second kappa shape index (κ2) is 11.4. The Morgan fingerprint density at radius 1 is 1.35 bits per heavy atom. The Bertz CT molecular complexity index is 673. The largest absolute Gasteiger partial charge is 0.486 e. The molecule has 2 aromatic rings. The second-order valence-electron chi connectivity index (χ2n) is 6.11. The van der Waals surface area contributed by atoms with E-state index in [0.717, 1.165) is 29.4 Å². The highest BCUT2D eigenvalue weighted by molar-refractivity contribution is 7.09. The summed E-state index contributed by atoms with van der Waals surface area (Å²) in [5.41, 5.74) is 2.01.